The van der Waals surface area contributed by atoms with Crippen molar-refractivity contribution in [1.82, 2.24) is 5.32 Å². The van der Waals surface area contributed by atoms with E-state index < -0.39 is 6.10 Å². The lowest BCUT2D eigenvalue weighted by Crippen LogP contribution is -2.48. The molecule has 0 bridgehead atoms. The van der Waals surface area contributed by atoms with Gasteiger partial charge in [0.2, 0.25) is 6.10 Å². The molecule has 0 saturated carbocycles. The van der Waals surface area contributed by atoms with Gasteiger partial charge >= 0.3 is 0 Å². The third kappa shape index (κ3) is 4.48. The Morgan fingerprint density at radius 3 is 3.04 bits per heavy atom. The van der Waals surface area contributed by atoms with E-state index in [2.05, 4.69) is 10.5 Å². The van der Waals surface area contributed by atoms with Crippen molar-refractivity contribution in [2.24, 2.45) is 5.16 Å². The molecule has 0 aromatic heterocycles. The molecule has 1 saturated heterocycles. The van der Waals surface area contributed by atoms with Crippen molar-refractivity contribution in [1.29, 1.82) is 0 Å². The second-order valence-corrected chi connectivity index (χ2v) is 7.51. The molecule has 24 heavy (non-hydrogen) atoms. The number of nitrogens with one attached hydrogen (secondary N) is 1. The minimum absolute atomic E-state index is 0.0949. The zero-order valence-corrected chi connectivity index (χ0v) is 14.8. The zero-order valence-electron chi connectivity index (χ0n) is 14.0. The molecule has 0 aliphatic carbocycles. The summed E-state index contributed by atoms with van der Waals surface area (Å²) < 4.78 is 5.68. The quantitative estimate of drug-likeness (QED) is 0.907. The molecule has 130 valence electrons. The van der Waals surface area contributed by atoms with Gasteiger partial charge in [-0.05, 0) is 44.4 Å². The number of benzene rings is 1. The van der Waals surface area contributed by atoms with E-state index in [1.165, 1.54) is 0 Å². The average Bonchev–Trinajstić information content (AvgIpc) is 2.95. The Hall–Kier alpha value is -1.59. The predicted octanol–water partition coefficient (Wildman–Crippen LogP) is 3.10. The molecule has 5 nitrogen and oxygen atoms in total. The van der Waals surface area contributed by atoms with E-state index in [1.807, 2.05) is 38.1 Å². The van der Waals surface area contributed by atoms with Crippen LogP contribution in [0, 0.1) is 0 Å². The highest BCUT2D eigenvalue weighted by Crippen LogP contribution is 2.24. The number of oxime groups is 1. The molecule has 0 radical (unpaired) electrons. The molecule has 2 atom stereocenters. The van der Waals surface area contributed by atoms with Crippen molar-refractivity contribution in [3.63, 3.8) is 0 Å². The summed E-state index contributed by atoms with van der Waals surface area (Å²) in [5.74, 6) is -0.0949. The summed E-state index contributed by atoms with van der Waals surface area (Å²) in [5, 5.41) is 7.84. The van der Waals surface area contributed by atoms with Crippen LogP contribution in [0.5, 0.6) is 0 Å². The Morgan fingerprint density at radius 2 is 2.29 bits per heavy atom. The third-order valence-corrected chi connectivity index (χ3v) is 4.60. The Morgan fingerprint density at radius 1 is 1.46 bits per heavy atom. The van der Waals surface area contributed by atoms with Gasteiger partial charge in [0, 0.05) is 30.5 Å². The summed E-state index contributed by atoms with van der Waals surface area (Å²) in [4.78, 5) is 17.7. The summed E-state index contributed by atoms with van der Waals surface area (Å²) >= 11 is 6.00. The van der Waals surface area contributed by atoms with E-state index in [4.69, 9.17) is 21.2 Å². The Bertz CT molecular complexity index is 645. The lowest BCUT2D eigenvalue weighted by Gasteiger charge is -2.36. The topological polar surface area (TPSA) is 59.9 Å². The number of hydrogen-bond acceptors (Lipinski definition) is 4. The fraction of sp³-hybridized carbons (Fsp3) is 0.556. The molecule has 1 N–H and O–H groups in total. The van der Waals surface area contributed by atoms with E-state index in [0.717, 1.165) is 24.1 Å². The third-order valence-electron chi connectivity index (χ3n) is 4.36. The maximum absolute atomic E-state index is 12.4. The van der Waals surface area contributed by atoms with Crippen LogP contribution in [0.4, 0.5) is 0 Å². The molecular formula is C18H23ClN2O3. The fourth-order valence-electron chi connectivity index (χ4n) is 3.20. The minimum Gasteiger partial charge on any atom is -0.382 e. The maximum Gasteiger partial charge on any atom is 0.264 e. The Kier molecular flexibility index (Phi) is 5.11. The van der Waals surface area contributed by atoms with Gasteiger partial charge in [0.1, 0.15) is 0 Å². The first-order valence-corrected chi connectivity index (χ1v) is 8.69. The van der Waals surface area contributed by atoms with Gasteiger partial charge in [-0.15, -0.1) is 0 Å². The van der Waals surface area contributed by atoms with Crippen LogP contribution in [-0.2, 0) is 20.8 Å². The van der Waals surface area contributed by atoms with Gasteiger partial charge in [-0.25, -0.2) is 0 Å². The second-order valence-electron chi connectivity index (χ2n) is 7.07. The molecule has 1 aromatic rings. The van der Waals surface area contributed by atoms with E-state index in [-0.39, 0.29) is 17.6 Å². The van der Waals surface area contributed by atoms with E-state index in [1.54, 1.807) is 0 Å². The van der Waals surface area contributed by atoms with E-state index in [9.17, 15) is 4.79 Å². The first kappa shape index (κ1) is 17.2. The summed E-state index contributed by atoms with van der Waals surface area (Å²) in [7, 11) is 0. The maximum atomic E-state index is 12.4. The first-order chi connectivity index (χ1) is 11.4. The number of nitrogens with zero attached hydrogens (tertiary/aromatic N) is 1. The predicted molar refractivity (Wildman–Crippen MR) is 93.3 cm³/mol. The lowest BCUT2D eigenvalue weighted by molar-refractivity contribution is -0.134. The van der Waals surface area contributed by atoms with Crippen molar-refractivity contribution in [2.45, 2.75) is 57.3 Å². The number of ether oxygens (including phenoxy) is 1. The van der Waals surface area contributed by atoms with Gasteiger partial charge in [-0.3, -0.25) is 4.79 Å². The summed E-state index contributed by atoms with van der Waals surface area (Å²) in [6, 6.07) is 7.77. The SMILES string of the molecule is CC1(C)C[C@H](NC(=O)[C@H]2CC(Cc3cccc(Cl)c3)=NO2)CCO1. The van der Waals surface area contributed by atoms with E-state index in [0.29, 0.717) is 24.5 Å². The van der Waals surface area contributed by atoms with Crippen LogP contribution in [0.3, 0.4) is 0 Å². The number of carbonyl (C=O) groups is 1. The molecule has 1 aromatic carbocycles. The molecule has 2 aliphatic heterocycles. The largest absolute Gasteiger partial charge is 0.382 e. The number of carbonyl (C=O) groups excluding carboxylic acids is 1. The molecule has 1 amide bonds. The summed E-state index contributed by atoms with van der Waals surface area (Å²) in [6.45, 7) is 4.76. The highest BCUT2D eigenvalue weighted by molar-refractivity contribution is 6.30. The normalized spacial score (nSPS) is 25.7. The van der Waals surface area contributed by atoms with Crippen LogP contribution >= 0.6 is 11.6 Å². The standard InChI is InChI=1S/C18H23ClN2O3/c1-18(2)11-14(6-7-23-18)20-17(22)16-10-15(21-24-16)9-12-4-3-5-13(19)8-12/h3-5,8,14,16H,6-7,9-11H2,1-2H3,(H,20,22)/t14-,16-/m1/s1. The van der Waals surface area contributed by atoms with Crippen LogP contribution in [0.15, 0.2) is 29.4 Å². The smallest absolute Gasteiger partial charge is 0.264 e. The van der Waals surface area contributed by atoms with Crippen LogP contribution in [0.2, 0.25) is 5.02 Å². The fourth-order valence-corrected chi connectivity index (χ4v) is 3.42. The van der Waals surface area contributed by atoms with Crippen molar-refractivity contribution >= 4 is 23.2 Å². The number of halogens is 1. The molecule has 1 fully saturated rings. The highest BCUT2D eigenvalue weighted by Gasteiger charge is 2.33. The highest BCUT2D eigenvalue weighted by atomic mass is 35.5. The van der Waals surface area contributed by atoms with Crippen LogP contribution in [0.1, 0.15) is 38.7 Å². The first-order valence-electron chi connectivity index (χ1n) is 8.32. The molecular weight excluding hydrogens is 328 g/mol. The molecule has 2 heterocycles. The number of amides is 1. The number of rotatable bonds is 4. The summed E-state index contributed by atoms with van der Waals surface area (Å²) in [5.41, 5.74) is 1.74. The molecule has 3 rings (SSSR count). The second kappa shape index (κ2) is 7.11. The molecule has 0 spiro atoms. The van der Waals surface area contributed by atoms with Gasteiger partial charge in [-0.1, -0.05) is 28.9 Å². The van der Waals surface area contributed by atoms with Crippen molar-refractivity contribution in [2.75, 3.05) is 6.61 Å². The average molecular weight is 351 g/mol. The minimum atomic E-state index is -0.537. The summed E-state index contributed by atoms with van der Waals surface area (Å²) in [6.07, 6.45) is 2.27. The zero-order chi connectivity index (χ0) is 17.2. The van der Waals surface area contributed by atoms with Crippen LogP contribution in [0.25, 0.3) is 0 Å². The van der Waals surface area contributed by atoms with Crippen LogP contribution in [-0.4, -0.2) is 36.0 Å². The Labute approximate surface area is 147 Å². The molecule has 0 unspecified atom stereocenters. The van der Waals surface area contributed by atoms with Crippen molar-refractivity contribution in [3.8, 4) is 0 Å². The van der Waals surface area contributed by atoms with Crippen molar-refractivity contribution in [3.05, 3.63) is 34.9 Å². The van der Waals surface area contributed by atoms with Gasteiger partial charge in [0.25, 0.3) is 5.91 Å². The van der Waals surface area contributed by atoms with E-state index >= 15 is 0 Å². The molecule has 2 aliphatic rings. The van der Waals surface area contributed by atoms with Gasteiger partial charge < -0.3 is 14.9 Å². The number of hydrogen-bond donors (Lipinski definition) is 1. The monoisotopic (exact) mass is 350 g/mol. The van der Waals surface area contributed by atoms with Crippen molar-refractivity contribution < 1.29 is 14.4 Å². The van der Waals surface area contributed by atoms with Gasteiger partial charge in [0.05, 0.1) is 11.3 Å². The van der Waals surface area contributed by atoms with Crippen LogP contribution < -0.4 is 5.32 Å². The lowest BCUT2D eigenvalue weighted by atomic mass is 9.93. The molecule has 6 heteroatoms. The van der Waals surface area contributed by atoms with Gasteiger partial charge in [0.15, 0.2) is 0 Å². The van der Waals surface area contributed by atoms with Gasteiger partial charge in [-0.2, -0.15) is 0 Å². The Balaban J connectivity index is 1.50.